The maximum absolute atomic E-state index is 2.58. The predicted octanol–water partition coefficient (Wildman–Crippen LogP) is 4.17. The van der Waals surface area contributed by atoms with Crippen LogP contribution >= 0.6 is 22.6 Å². The van der Waals surface area contributed by atoms with E-state index in [0.717, 1.165) is 3.92 Å². The van der Waals surface area contributed by atoms with E-state index in [2.05, 4.69) is 36.4 Å². The number of alkyl halides is 1. The SMILES string of the molecule is CCCCC[C@@H](I)CCC. The summed E-state index contributed by atoms with van der Waals surface area (Å²) in [7, 11) is 0. The van der Waals surface area contributed by atoms with Crippen molar-refractivity contribution in [2.45, 2.75) is 56.3 Å². The van der Waals surface area contributed by atoms with Crippen LogP contribution in [-0.4, -0.2) is 3.92 Å². The summed E-state index contributed by atoms with van der Waals surface area (Å²) < 4.78 is 0.939. The highest BCUT2D eigenvalue weighted by Gasteiger charge is 2.00. The van der Waals surface area contributed by atoms with Crippen molar-refractivity contribution in [1.29, 1.82) is 0 Å². The van der Waals surface area contributed by atoms with E-state index in [-0.39, 0.29) is 0 Å². The molecule has 0 nitrogen and oxygen atoms in total. The van der Waals surface area contributed by atoms with Crippen molar-refractivity contribution >= 4 is 22.6 Å². The first-order valence-electron chi connectivity index (χ1n) is 4.45. The molecule has 0 rings (SSSR count). The molecule has 1 atom stereocenters. The molecule has 0 bridgehead atoms. The van der Waals surface area contributed by atoms with Crippen LogP contribution in [0.2, 0.25) is 0 Å². The van der Waals surface area contributed by atoms with E-state index >= 15 is 0 Å². The molecule has 0 spiro atoms. The third-order valence-corrected chi connectivity index (χ3v) is 2.97. The second-order valence-electron chi connectivity index (χ2n) is 2.88. The second kappa shape index (κ2) is 7.83. The molecule has 10 heavy (non-hydrogen) atoms. The summed E-state index contributed by atoms with van der Waals surface area (Å²) in [6.45, 7) is 4.54. The molecule has 0 amide bonds. The minimum Gasteiger partial charge on any atom is -0.0826 e. The van der Waals surface area contributed by atoms with E-state index in [1.54, 1.807) is 0 Å². The van der Waals surface area contributed by atoms with Crippen LogP contribution in [0.3, 0.4) is 0 Å². The molecule has 0 unspecified atom stereocenters. The van der Waals surface area contributed by atoms with E-state index in [9.17, 15) is 0 Å². The van der Waals surface area contributed by atoms with Gasteiger partial charge in [-0.15, -0.1) is 0 Å². The van der Waals surface area contributed by atoms with Gasteiger partial charge in [-0.3, -0.25) is 0 Å². The lowest BCUT2D eigenvalue weighted by molar-refractivity contribution is 0.627. The highest BCUT2D eigenvalue weighted by Crippen LogP contribution is 2.16. The summed E-state index contributed by atoms with van der Waals surface area (Å²) in [6, 6.07) is 0. The van der Waals surface area contributed by atoms with Crippen LogP contribution in [0.25, 0.3) is 0 Å². The molecule has 0 aliphatic carbocycles. The van der Waals surface area contributed by atoms with Crippen molar-refractivity contribution in [1.82, 2.24) is 0 Å². The molecule has 0 saturated carbocycles. The third kappa shape index (κ3) is 6.84. The quantitative estimate of drug-likeness (QED) is 0.379. The Bertz CT molecular complexity index is 61.7. The second-order valence-corrected chi connectivity index (χ2v) is 4.64. The standard InChI is InChI=1S/C9H19I/c1-3-5-6-8-9(10)7-4-2/h9H,3-8H2,1-2H3/t9-/m0/s1. The van der Waals surface area contributed by atoms with Gasteiger partial charge in [-0.05, 0) is 12.8 Å². The average molecular weight is 254 g/mol. The van der Waals surface area contributed by atoms with Gasteiger partial charge in [-0.25, -0.2) is 0 Å². The lowest BCUT2D eigenvalue weighted by atomic mass is 10.1. The fourth-order valence-electron chi connectivity index (χ4n) is 1.07. The van der Waals surface area contributed by atoms with Gasteiger partial charge in [0.1, 0.15) is 0 Å². The molecule has 0 aliphatic rings. The first kappa shape index (κ1) is 10.7. The van der Waals surface area contributed by atoms with Crippen LogP contribution in [0.4, 0.5) is 0 Å². The number of rotatable bonds is 6. The van der Waals surface area contributed by atoms with Gasteiger partial charge in [0.25, 0.3) is 0 Å². The molecular formula is C9H19I. The van der Waals surface area contributed by atoms with Crippen LogP contribution in [-0.2, 0) is 0 Å². The summed E-state index contributed by atoms with van der Waals surface area (Å²) in [5.41, 5.74) is 0. The maximum atomic E-state index is 2.58. The van der Waals surface area contributed by atoms with Gasteiger partial charge in [-0.2, -0.15) is 0 Å². The predicted molar refractivity (Wildman–Crippen MR) is 56.9 cm³/mol. The largest absolute Gasteiger partial charge is 0.0826 e. The first-order chi connectivity index (χ1) is 4.81. The molecule has 0 aromatic carbocycles. The molecule has 0 fully saturated rings. The Morgan fingerprint density at radius 2 is 1.70 bits per heavy atom. The molecule has 0 radical (unpaired) electrons. The maximum Gasteiger partial charge on any atom is 0.0109 e. The van der Waals surface area contributed by atoms with Crippen LogP contribution in [0, 0.1) is 0 Å². The Labute approximate surface area is 78.9 Å². The first-order valence-corrected chi connectivity index (χ1v) is 5.69. The molecular weight excluding hydrogens is 235 g/mol. The molecule has 0 N–H and O–H groups in total. The zero-order valence-electron chi connectivity index (χ0n) is 7.20. The molecule has 1 heteroatoms. The lowest BCUT2D eigenvalue weighted by Gasteiger charge is -2.06. The summed E-state index contributed by atoms with van der Waals surface area (Å²) in [4.78, 5) is 0. The zero-order chi connectivity index (χ0) is 7.82. The van der Waals surface area contributed by atoms with Gasteiger partial charge in [0.2, 0.25) is 0 Å². The van der Waals surface area contributed by atoms with Gasteiger partial charge in [0.05, 0.1) is 0 Å². The number of hydrogen-bond donors (Lipinski definition) is 0. The average Bonchev–Trinajstić information content (AvgIpc) is 1.89. The summed E-state index contributed by atoms with van der Waals surface area (Å²) in [6.07, 6.45) is 8.40. The number of unbranched alkanes of at least 4 members (excludes halogenated alkanes) is 2. The van der Waals surface area contributed by atoms with Crippen LogP contribution in [0.15, 0.2) is 0 Å². The third-order valence-electron chi connectivity index (χ3n) is 1.72. The fraction of sp³-hybridized carbons (Fsp3) is 1.00. The van der Waals surface area contributed by atoms with Crippen molar-refractivity contribution in [2.75, 3.05) is 0 Å². The molecule has 0 saturated heterocycles. The van der Waals surface area contributed by atoms with Crippen molar-refractivity contribution in [3.63, 3.8) is 0 Å². The highest BCUT2D eigenvalue weighted by molar-refractivity contribution is 14.1. The Hall–Kier alpha value is 0.730. The van der Waals surface area contributed by atoms with Crippen LogP contribution in [0.5, 0.6) is 0 Å². The minimum atomic E-state index is 0.939. The minimum absolute atomic E-state index is 0.939. The smallest absolute Gasteiger partial charge is 0.0109 e. The van der Waals surface area contributed by atoms with Crippen molar-refractivity contribution < 1.29 is 0 Å². The van der Waals surface area contributed by atoms with Gasteiger partial charge < -0.3 is 0 Å². The van der Waals surface area contributed by atoms with Gasteiger partial charge in [0, 0.05) is 3.92 Å². The lowest BCUT2D eigenvalue weighted by Crippen LogP contribution is -1.95. The van der Waals surface area contributed by atoms with Crippen molar-refractivity contribution in [3.8, 4) is 0 Å². The van der Waals surface area contributed by atoms with Crippen molar-refractivity contribution in [2.24, 2.45) is 0 Å². The summed E-state index contributed by atoms with van der Waals surface area (Å²) >= 11 is 2.58. The van der Waals surface area contributed by atoms with Crippen molar-refractivity contribution in [3.05, 3.63) is 0 Å². The Morgan fingerprint density at radius 1 is 1.00 bits per heavy atom. The van der Waals surface area contributed by atoms with Gasteiger partial charge >= 0.3 is 0 Å². The monoisotopic (exact) mass is 254 g/mol. The van der Waals surface area contributed by atoms with E-state index in [0.29, 0.717) is 0 Å². The summed E-state index contributed by atoms with van der Waals surface area (Å²) in [5, 5.41) is 0. The van der Waals surface area contributed by atoms with Gasteiger partial charge in [-0.1, -0.05) is 62.1 Å². The molecule has 0 heterocycles. The molecule has 62 valence electrons. The van der Waals surface area contributed by atoms with Crippen LogP contribution < -0.4 is 0 Å². The Morgan fingerprint density at radius 3 is 2.20 bits per heavy atom. The van der Waals surface area contributed by atoms with Gasteiger partial charge in [0.15, 0.2) is 0 Å². The zero-order valence-corrected chi connectivity index (χ0v) is 9.36. The van der Waals surface area contributed by atoms with E-state index in [1.165, 1.54) is 38.5 Å². The van der Waals surface area contributed by atoms with Crippen LogP contribution in [0.1, 0.15) is 52.4 Å². The fourth-order valence-corrected chi connectivity index (χ4v) is 2.14. The van der Waals surface area contributed by atoms with E-state index < -0.39 is 0 Å². The number of hydrogen-bond acceptors (Lipinski definition) is 0. The molecule has 0 aromatic heterocycles. The van der Waals surface area contributed by atoms with E-state index in [4.69, 9.17) is 0 Å². The Kier molecular flexibility index (Phi) is 8.40. The number of halogens is 1. The summed E-state index contributed by atoms with van der Waals surface area (Å²) in [5.74, 6) is 0. The topological polar surface area (TPSA) is 0 Å². The molecule has 0 aliphatic heterocycles. The molecule has 0 aromatic rings. The normalized spacial score (nSPS) is 13.5. The highest BCUT2D eigenvalue weighted by atomic mass is 127. The van der Waals surface area contributed by atoms with E-state index in [1.807, 2.05) is 0 Å². The Balaban J connectivity index is 2.97.